The molecular weight excluding hydrogens is 497 g/mol. The summed E-state index contributed by atoms with van der Waals surface area (Å²) in [6, 6.07) is 10.3. The molecule has 34 heavy (non-hydrogen) atoms. The number of rotatable bonds is 7. The summed E-state index contributed by atoms with van der Waals surface area (Å²) in [5, 5.41) is 11.8. The summed E-state index contributed by atoms with van der Waals surface area (Å²) < 4.78 is 27.7. The Kier molecular flexibility index (Phi) is 6.70. The van der Waals surface area contributed by atoms with E-state index in [0.717, 1.165) is 70.5 Å². The van der Waals surface area contributed by atoms with Gasteiger partial charge in [-0.2, -0.15) is 0 Å². The number of benzene rings is 2. The molecule has 3 aliphatic rings. The van der Waals surface area contributed by atoms with Gasteiger partial charge < -0.3 is 20.2 Å². The highest BCUT2D eigenvalue weighted by atomic mass is 79.9. The summed E-state index contributed by atoms with van der Waals surface area (Å²) in [6.07, 6.45) is 6.67. The highest BCUT2D eigenvalue weighted by Crippen LogP contribution is 2.48. The smallest absolute Gasteiger partial charge is 0.127 e. The van der Waals surface area contributed by atoms with Gasteiger partial charge in [0.25, 0.3) is 0 Å². The number of hydrogen-bond donors (Lipinski definition) is 2. The van der Waals surface area contributed by atoms with E-state index in [1.807, 2.05) is 12.1 Å². The number of methoxy groups -OCH3 is 1. The van der Waals surface area contributed by atoms with E-state index in [-0.39, 0.29) is 18.3 Å². The van der Waals surface area contributed by atoms with Gasteiger partial charge in [-0.05, 0) is 74.8 Å². The van der Waals surface area contributed by atoms with Gasteiger partial charge in [0.1, 0.15) is 17.6 Å². The highest BCUT2D eigenvalue weighted by Gasteiger charge is 2.48. The Bertz CT molecular complexity index is 1070. The monoisotopic (exact) mass is 529 g/mol. The summed E-state index contributed by atoms with van der Waals surface area (Å²) in [6.45, 7) is 3.35. The normalized spacial score (nSPS) is 25.9. The standard InChI is InChI=1S/C27H33BrFN3O2/c1-17-13-21-19(8-9-23(22(21)15-30)31-25-5-3-4-12-34-25)26(32(17)16-27(29)10-11-27)20-7-6-18(28)14-24(20)33-2/h6-9,14-15,17,25-26,30-31H,3-5,10-13,16H2,1-2H3/t17-,25?,26+/m1/s1. The van der Waals surface area contributed by atoms with E-state index in [1.165, 1.54) is 6.21 Å². The fourth-order valence-electron chi connectivity index (χ4n) is 5.46. The van der Waals surface area contributed by atoms with Crippen molar-refractivity contribution < 1.29 is 13.9 Å². The third kappa shape index (κ3) is 4.62. The minimum absolute atomic E-state index is 0.0216. The third-order valence-corrected chi connectivity index (χ3v) is 7.97. The lowest BCUT2D eigenvalue weighted by Crippen LogP contribution is -2.46. The predicted molar refractivity (Wildman–Crippen MR) is 137 cm³/mol. The second-order valence-electron chi connectivity index (χ2n) is 9.90. The Labute approximate surface area is 209 Å². The fourth-order valence-corrected chi connectivity index (χ4v) is 5.80. The van der Waals surface area contributed by atoms with Crippen molar-refractivity contribution in [3.8, 4) is 5.75 Å². The molecule has 1 unspecified atom stereocenters. The van der Waals surface area contributed by atoms with Crippen molar-refractivity contribution in [2.24, 2.45) is 0 Å². The summed E-state index contributed by atoms with van der Waals surface area (Å²) in [5.41, 5.74) is 4.04. The van der Waals surface area contributed by atoms with Crippen molar-refractivity contribution in [3.63, 3.8) is 0 Å². The molecule has 1 saturated heterocycles. The van der Waals surface area contributed by atoms with E-state index in [9.17, 15) is 0 Å². The largest absolute Gasteiger partial charge is 0.496 e. The zero-order valence-corrected chi connectivity index (χ0v) is 21.5. The Hall–Kier alpha value is -1.96. The third-order valence-electron chi connectivity index (χ3n) is 7.47. The van der Waals surface area contributed by atoms with Gasteiger partial charge in [0.2, 0.25) is 0 Å². The molecule has 0 amide bonds. The van der Waals surface area contributed by atoms with Gasteiger partial charge in [-0.25, -0.2) is 4.39 Å². The molecule has 2 aromatic rings. The fraction of sp³-hybridized carbons (Fsp3) is 0.519. The first-order valence-electron chi connectivity index (χ1n) is 12.2. The maximum Gasteiger partial charge on any atom is 0.127 e. The van der Waals surface area contributed by atoms with Crippen LogP contribution in [0.15, 0.2) is 34.8 Å². The molecule has 3 atom stereocenters. The van der Waals surface area contributed by atoms with Gasteiger partial charge in [0.05, 0.1) is 13.2 Å². The molecule has 2 heterocycles. The zero-order chi connectivity index (χ0) is 23.9. The minimum Gasteiger partial charge on any atom is -0.496 e. The first-order valence-corrected chi connectivity index (χ1v) is 13.0. The van der Waals surface area contributed by atoms with Crippen LogP contribution in [0.3, 0.4) is 0 Å². The van der Waals surface area contributed by atoms with Crippen LogP contribution in [0, 0.1) is 5.41 Å². The Morgan fingerprint density at radius 1 is 1.26 bits per heavy atom. The van der Waals surface area contributed by atoms with Gasteiger partial charge in [-0.15, -0.1) is 0 Å². The van der Waals surface area contributed by atoms with E-state index >= 15 is 4.39 Å². The van der Waals surface area contributed by atoms with Crippen LogP contribution in [0.2, 0.25) is 0 Å². The number of alkyl halides is 1. The van der Waals surface area contributed by atoms with Crippen molar-refractivity contribution in [1.82, 2.24) is 4.90 Å². The molecule has 0 bridgehead atoms. The quantitative estimate of drug-likeness (QED) is 0.417. The molecule has 0 radical (unpaired) electrons. The molecule has 2 aliphatic heterocycles. The molecule has 2 aromatic carbocycles. The minimum atomic E-state index is -1.10. The van der Waals surface area contributed by atoms with Gasteiger partial charge in [0.15, 0.2) is 0 Å². The van der Waals surface area contributed by atoms with Crippen molar-refractivity contribution in [3.05, 3.63) is 57.1 Å². The van der Waals surface area contributed by atoms with E-state index in [0.29, 0.717) is 19.4 Å². The number of halogens is 2. The average Bonchev–Trinajstić information content (AvgIpc) is 3.57. The molecule has 1 aliphatic carbocycles. The maximum atomic E-state index is 15.1. The van der Waals surface area contributed by atoms with Crippen LogP contribution in [0.25, 0.3) is 0 Å². The molecule has 182 valence electrons. The Balaban J connectivity index is 1.60. The summed E-state index contributed by atoms with van der Waals surface area (Å²) in [5.74, 6) is 0.780. The number of fused-ring (bicyclic) bond motifs is 1. The van der Waals surface area contributed by atoms with Crippen molar-refractivity contribution >= 4 is 27.8 Å². The van der Waals surface area contributed by atoms with Crippen molar-refractivity contribution in [2.75, 3.05) is 25.6 Å². The topological polar surface area (TPSA) is 57.6 Å². The second-order valence-corrected chi connectivity index (χ2v) is 10.8. The number of nitrogens with one attached hydrogen (secondary N) is 2. The first kappa shape index (κ1) is 23.8. The van der Waals surface area contributed by atoms with Crippen molar-refractivity contribution in [1.29, 1.82) is 5.41 Å². The van der Waals surface area contributed by atoms with Gasteiger partial charge in [-0.3, -0.25) is 4.90 Å². The lowest BCUT2D eigenvalue weighted by molar-refractivity contribution is 0.0343. The van der Waals surface area contributed by atoms with Gasteiger partial charge in [-0.1, -0.05) is 28.1 Å². The molecule has 0 spiro atoms. The molecule has 2 N–H and O–H groups in total. The highest BCUT2D eigenvalue weighted by molar-refractivity contribution is 9.10. The van der Waals surface area contributed by atoms with Crippen LogP contribution >= 0.6 is 15.9 Å². The van der Waals surface area contributed by atoms with Gasteiger partial charge in [0, 0.05) is 46.7 Å². The summed E-state index contributed by atoms with van der Waals surface area (Å²) >= 11 is 3.55. The number of nitrogens with zero attached hydrogens (tertiary/aromatic N) is 1. The first-order chi connectivity index (χ1) is 16.4. The lowest BCUT2D eigenvalue weighted by Gasteiger charge is -2.44. The Morgan fingerprint density at radius 2 is 2.06 bits per heavy atom. The summed E-state index contributed by atoms with van der Waals surface area (Å²) in [4.78, 5) is 2.30. The number of hydrogen-bond acceptors (Lipinski definition) is 5. The van der Waals surface area contributed by atoms with Crippen LogP contribution in [0.1, 0.15) is 67.3 Å². The zero-order valence-electron chi connectivity index (χ0n) is 19.9. The maximum absolute atomic E-state index is 15.1. The molecule has 5 nitrogen and oxygen atoms in total. The average molecular weight is 530 g/mol. The van der Waals surface area contributed by atoms with Crippen LogP contribution in [0.4, 0.5) is 10.1 Å². The predicted octanol–water partition coefficient (Wildman–Crippen LogP) is 6.23. The van der Waals surface area contributed by atoms with Crippen LogP contribution < -0.4 is 10.1 Å². The van der Waals surface area contributed by atoms with Gasteiger partial charge >= 0.3 is 0 Å². The summed E-state index contributed by atoms with van der Waals surface area (Å²) in [7, 11) is 1.68. The number of anilines is 1. The lowest BCUT2D eigenvalue weighted by atomic mass is 9.81. The molecule has 7 heteroatoms. The van der Waals surface area contributed by atoms with E-state index in [2.05, 4.69) is 51.3 Å². The molecule has 5 rings (SSSR count). The molecule has 1 saturated carbocycles. The molecular formula is C27H33BrFN3O2. The Morgan fingerprint density at radius 3 is 2.74 bits per heavy atom. The van der Waals surface area contributed by atoms with E-state index < -0.39 is 5.67 Å². The van der Waals surface area contributed by atoms with Crippen LogP contribution in [-0.2, 0) is 11.2 Å². The van der Waals surface area contributed by atoms with E-state index in [4.69, 9.17) is 14.9 Å². The van der Waals surface area contributed by atoms with E-state index in [1.54, 1.807) is 7.11 Å². The molecule has 0 aromatic heterocycles. The number of ether oxygens (including phenoxy) is 2. The van der Waals surface area contributed by atoms with Crippen LogP contribution in [-0.4, -0.2) is 49.3 Å². The SMILES string of the molecule is COc1cc(Br)ccc1[C@@H]1c2ccc(NC3CCCCO3)c(C=N)c2C[C@@H](C)N1CC1(F)CC1. The van der Waals surface area contributed by atoms with Crippen molar-refractivity contribution in [2.45, 2.75) is 69.4 Å². The second kappa shape index (κ2) is 9.59. The van der Waals surface area contributed by atoms with Crippen LogP contribution in [0.5, 0.6) is 5.75 Å². The molecule has 2 fully saturated rings.